The normalized spacial score (nSPS) is 13.3. The number of rotatable bonds is 7. The molecule has 16 heavy (non-hydrogen) atoms. The highest BCUT2D eigenvalue weighted by molar-refractivity contribution is 4.86. The summed E-state index contributed by atoms with van der Waals surface area (Å²) < 4.78 is 5.05. The van der Waals surface area contributed by atoms with Crippen LogP contribution in [0.2, 0.25) is 0 Å². The lowest BCUT2D eigenvalue weighted by atomic mass is 10.1. The van der Waals surface area contributed by atoms with Crippen molar-refractivity contribution < 1.29 is 4.52 Å². The summed E-state index contributed by atoms with van der Waals surface area (Å²) in [5.41, 5.74) is 0. The van der Waals surface area contributed by atoms with Crippen molar-refractivity contribution in [2.45, 2.75) is 53.0 Å². The van der Waals surface area contributed by atoms with Gasteiger partial charge in [0.15, 0.2) is 5.82 Å². The van der Waals surface area contributed by atoms with Crippen LogP contribution in [-0.4, -0.2) is 22.7 Å². The molecule has 1 aromatic rings. The fraction of sp³-hybridized carbons (Fsp3) is 0.833. The molecule has 0 fully saturated rings. The fourth-order valence-corrected chi connectivity index (χ4v) is 1.76. The third kappa shape index (κ3) is 4.75. The summed E-state index contributed by atoms with van der Waals surface area (Å²) in [6.07, 6.45) is 2.85. The van der Waals surface area contributed by atoms with E-state index in [9.17, 15) is 0 Å². The largest absolute Gasteiger partial charge is 0.339 e. The summed E-state index contributed by atoms with van der Waals surface area (Å²) in [4.78, 5) is 4.27. The summed E-state index contributed by atoms with van der Waals surface area (Å²) in [6.45, 7) is 9.63. The summed E-state index contributed by atoms with van der Waals surface area (Å²) in [6, 6.07) is 0.553. The predicted octanol–water partition coefficient (Wildman–Crippen LogP) is 2.20. The maximum Gasteiger partial charge on any atom is 0.226 e. The van der Waals surface area contributed by atoms with E-state index in [4.69, 9.17) is 4.52 Å². The van der Waals surface area contributed by atoms with Gasteiger partial charge in [-0.25, -0.2) is 0 Å². The molecule has 1 aromatic heterocycles. The van der Waals surface area contributed by atoms with Crippen LogP contribution in [0.1, 0.15) is 45.8 Å². The van der Waals surface area contributed by atoms with Crippen molar-refractivity contribution >= 4 is 0 Å². The first-order valence-electron chi connectivity index (χ1n) is 6.16. The molecule has 1 rings (SSSR count). The fourth-order valence-electron chi connectivity index (χ4n) is 1.76. The van der Waals surface area contributed by atoms with Crippen molar-refractivity contribution in [1.82, 2.24) is 15.5 Å². The Kier molecular flexibility index (Phi) is 5.46. The predicted molar refractivity (Wildman–Crippen MR) is 64.3 cm³/mol. The standard InChI is InChI=1S/C12H23N3O/c1-5-12-14-11(15-16-12)6-7-13-10(4)8-9(2)3/h9-10,13H,5-8H2,1-4H3. The van der Waals surface area contributed by atoms with Gasteiger partial charge in [-0.15, -0.1) is 0 Å². The first-order chi connectivity index (χ1) is 7.61. The van der Waals surface area contributed by atoms with E-state index in [1.165, 1.54) is 6.42 Å². The minimum Gasteiger partial charge on any atom is -0.339 e. The summed E-state index contributed by atoms with van der Waals surface area (Å²) in [5.74, 6) is 2.27. The third-order valence-electron chi connectivity index (χ3n) is 2.48. The highest BCUT2D eigenvalue weighted by Crippen LogP contribution is 2.04. The zero-order valence-corrected chi connectivity index (χ0v) is 10.8. The Morgan fingerprint density at radius 3 is 2.62 bits per heavy atom. The van der Waals surface area contributed by atoms with Crippen molar-refractivity contribution in [3.8, 4) is 0 Å². The molecule has 0 saturated heterocycles. The molecule has 4 nitrogen and oxygen atoms in total. The van der Waals surface area contributed by atoms with Crippen molar-refractivity contribution in [2.75, 3.05) is 6.54 Å². The Labute approximate surface area is 97.8 Å². The Morgan fingerprint density at radius 2 is 2.06 bits per heavy atom. The van der Waals surface area contributed by atoms with Gasteiger partial charge in [-0.1, -0.05) is 25.9 Å². The quantitative estimate of drug-likeness (QED) is 0.773. The van der Waals surface area contributed by atoms with E-state index in [0.717, 1.165) is 37.0 Å². The highest BCUT2D eigenvalue weighted by atomic mass is 16.5. The number of aromatic nitrogens is 2. The van der Waals surface area contributed by atoms with Gasteiger partial charge in [-0.05, 0) is 19.3 Å². The first-order valence-corrected chi connectivity index (χ1v) is 6.16. The smallest absolute Gasteiger partial charge is 0.226 e. The van der Waals surface area contributed by atoms with Crippen LogP contribution in [0.25, 0.3) is 0 Å². The molecule has 1 atom stereocenters. The molecular formula is C12H23N3O. The van der Waals surface area contributed by atoms with Crippen LogP contribution in [0.3, 0.4) is 0 Å². The number of nitrogens with one attached hydrogen (secondary N) is 1. The van der Waals surface area contributed by atoms with E-state index < -0.39 is 0 Å². The van der Waals surface area contributed by atoms with Crippen LogP contribution in [0.4, 0.5) is 0 Å². The van der Waals surface area contributed by atoms with Crippen molar-refractivity contribution in [3.63, 3.8) is 0 Å². The van der Waals surface area contributed by atoms with E-state index >= 15 is 0 Å². The number of hydrogen-bond acceptors (Lipinski definition) is 4. The van der Waals surface area contributed by atoms with Gasteiger partial charge in [0.05, 0.1) is 0 Å². The zero-order chi connectivity index (χ0) is 12.0. The number of aryl methyl sites for hydroxylation is 1. The maximum absolute atomic E-state index is 5.05. The zero-order valence-electron chi connectivity index (χ0n) is 10.8. The second-order valence-corrected chi connectivity index (χ2v) is 4.69. The van der Waals surface area contributed by atoms with Gasteiger partial charge >= 0.3 is 0 Å². The summed E-state index contributed by atoms with van der Waals surface area (Å²) >= 11 is 0. The minimum absolute atomic E-state index is 0.553. The number of hydrogen-bond donors (Lipinski definition) is 1. The SMILES string of the molecule is CCc1nc(CCNC(C)CC(C)C)no1. The van der Waals surface area contributed by atoms with Gasteiger partial charge in [0.1, 0.15) is 0 Å². The third-order valence-corrected chi connectivity index (χ3v) is 2.48. The van der Waals surface area contributed by atoms with E-state index in [-0.39, 0.29) is 0 Å². The van der Waals surface area contributed by atoms with Gasteiger partial charge in [0.2, 0.25) is 5.89 Å². The molecule has 4 heteroatoms. The van der Waals surface area contributed by atoms with Gasteiger partial charge in [0.25, 0.3) is 0 Å². The number of nitrogens with zero attached hydrogens (tertiary/aromatic N) is 2. The molecule has 0 saturated carbocycles. The van der Waals surface area contributed by atoms with E-state index in [1.807, 2.05) is 6.92 Å². The van der Waals surface area contributed by atoms with Crippen molar-refractivity contribution in [2.24, 2.45) is 5.92 Å². The van der Waals surface area contributed by atoms with E-state index in [1.54, 1.807) is 0 Å². The Bertz CT molecular complexity index is 296. The molecule has 1 heterocycles. The first kappa shape index (κ1) is 13.2. The monoisotopic (exact) mass is 225 g/mol. The highest BCUT2D eigenvalue weighted by Gasteiger charge is 2.06. The molecule has 0 aliphatic carbocycles. The topological polar surface area (TPSA) is 51.0 Å². The lowest BCUT2D eigenvalue weighted by Gasteiger charge is -2.14. The van der Waals surface area contributed by atoms with Crippen molar-refractivity contribution in [3.05, 3.63) is 11.7 Å². The molecule has 0 amide bonds. The Morgan fingerprint density at radius 1 is 1.31 bits per heavy atom. The maximum atomic E-state index is 5.05. The Balaban J connectivity index is 2.19. The molecule has 1 N–H and O–H groups in total. The molecule has 0 aliphatic rings. The van der Waals surface area contributed by atoms with Gasteiger partial charge in [0, 0.05) is 25.4 Å². The lowest BCUT2D eigenvalue weighted by molar-refractivity contribution is 0.375. The molecular weight excluding hydrogens is 202 g/mol. The van der Waals surface area contributed by atoms with Crippen LogP contribution in [-0.2, 0) is 12.8 Å². The van der Waals surface area contributed by atoms with Gasteiger partial charge in [-0.2, -0.15) is 4.98 Å². The van der Waals surface area contributed by atoms with Gasteiger partial charge in [-0.3, -0.25) is 0 Å². The van der Waals surface area contributed by atoms with Crippen molar-refractivity contribution in [1.29, 1.82) is 0 Å². The molecule has 0 radical (unpaired) electrons. The molecule has 92 valence electrons. The average molecular weight is 225 g/mol. The molecule has 0 bridgehead atoms. The molecule has 0 spiro atoms. The molecule has 1 unspecified atom stereocenters. The Hall–Kier alpha value is -0.900. The van der Waals surface area contributed by atoms with Crippen LogP contribution < -0.4 is 5.32 Å². The second kappa shape index (κ2) is 6.63. The summed E-state index contributed by atoms with van der Waals surface area (Å²) in [7, 11) is 0. The van der Waals surface area contributed by atoms with E-state index in [2.05, 4.69) is 36.2 Å². The lowest BCUT2D eigenvalue weighted by Crippen LogP contribution is -2.29. The van der Waals surface area contributed by atoms with Gasteiger partial charge < -0.3 is 9.84 Å². The molecule has 0 aliphatic heterocycles. The average Bonchev–Trinajstić information content (AvgIpc) is 2.64. The van der Waals surface area contributed by atoms with Crippen LogP contribution >= 0.6 is 0 Å². The summed E-state index contributed by atoms with van der Waals surface area (Å²) in [5, 5.41) is 7.39. The molecule has 0 aromatic carbocycles. The second-order valence-electron chi connectivity index (χ2n) is 4.69. The minimum atomic E-state index is 0.553. The van der Waals surface area contributed by atoms with Crippen LogP contribution in [0.5, 0.6) is 0 Å². The van der Waals surface area contributed by atoms with Crippen LogP contribution in [0, 0.1) is 5.92 Å². The van der Waals surface area contributed by atoms with E-state index in [0.29, 0.717) is 6.04 Å². The van der Waals surface area contributed by atoms with Crippen LogP contribution in [0.15, 0.2) is 4.52 Å².